The van der Waals surface area contributed by atoms with Crippen molar-refractivity contribution in [1.29, 1.82) is 0 Å². The fraction of sp³-hybridized carbons (Fsp3) is 0.211. The lowest BCUT2D eigenvalue weighted by molar-refractivity contribution is -0.132. The molecule has 0 aliphatic carbocycles. The molecule has 0 spiro atoms. The summed E-state index contributed by atoms with van der Waals surface area (Å²) in [6.07, 6.45) is 0.389. The number of hydrogen-bond acceptors (Lipinski definition) is 6. The molecule has 0 N–H and O–H groups in total. The minimum Gasteiger partial charge on any atom is -0.481 e. The molecule has 30 heavy (non-hydrogen) atoms. The van der Waals surface area contributed by atoms with E-state index in [1.807, 2.05) is 0 Å². The second-order valence-corrected chi connectivity index (χ2v) is 8.65. The Labute approximate surface area is 177 Å². The molecule has 8 nitrogen and oxygen atoms in total. The highest BCUT2D eigenvalue weighted by atomic mass is 35.5. The van der Waals surface area contributed by atoms with Gasteiger partial charge in [0.05, 0.1) is 18.1 Å². The molecule has 1 aliphatic rings. The molecular formula is C19H15ClFN3O5S. The number of ether oxygens (including phenoxy) is 2. The first kappa shape index (κ1) is 21.7. The zero-order valence-corrected chi connectivity index (χ0v) is 17.2. The minimum absolute atomic E-state index is 0.0389. The van der Waals surface area contributed by atoms with E-state index in [0.717, 1.165) is 23.4 Å². The number of benzene rings is 1. The maximum absolute atomic E-state index is 14.1. The molecule has 1 atom stereocenters. The van der Waals surface area contributed by atoms with Crippen LogP contribution in [0.15, 0.2) is 47.6 Å². The Morgan fingerprint density at radius 3 is 2.73 bits per heavy atom. The predicted molar refractivity (Wildman–Crippen MR) is 106 cm³/mol. The van der Waals surface area contributed by atoms with E-state index in [9.17, 15) is 17.6 Å². The fourth-order valence-electron chi connectivity index (χ4n) is 2.75. The molecule has 0 bridgehead atoms. The molecule has 0 amide bonds. The van der Waals surface area contributed by atoms with Crippen LogP contribution in [-0.4, -0.2) is 42.9 Å². The van der Waals surface area contributed by atoms with Gasteiger partial charge in [0.2, 0.25) is 5.69 Å². The van der Waals surface area contributed by atoms with Crippen LogP contribution in [-0.2, 0) is 14.8 Å². The summed E-state index contributed by atoms with van der Waals surface area (Å²) in [5.41, 5.74) is 0.0674. The smallest absolute Gasteiger partial charge is 0.308 e. The lowest BCUT2D eigenvalue weighted by Crippen LogP contribution is -2.31. The van der Waals surface area contributed by atoms with Crippen LogP contribution in [0.4, 0.5) is 10.1 Å². The molecule has 2 heterocycles. The molecule has 11 heteroatoms. The van der Waals surface area contributed by atoms with Crippen LogP contribution in [0.2, 0.25) is 5.02 Å². The van der Waals surface area contributed by atoms with Gasteiger partial charge in [-0.15, -0.1) is 0 Å². The number of aromatic nitrogens is 1. The van der Waals surface area contributed by atoms with Gasteiger partial charge in [0.1, 0.15) is 11.9 Å². The number of carbonyl (C=O) groups is 1. The maximum atomic E-state index is 14.1. The molecule has 1 fully saturated rings. The van der Waals surface area contributed by atoms with E-state index in [4.69, 9.17) is 27.6 Å². The van der Waals surface area contributed by atoms with E-state index >= 15 is 0 Å². The van der Waals surface area contributed by atoms with Crippen LogP contribution in [0.25, 0.3) is 4.85 Å². The average molecular weight is 452 g/mol. The van der Waals surface area contributed by atoms with Crippen LogP contribution < -0.4 is 9.47 Å². The van der Waals surface area contributed by atoms with E-state index in [1.165, 1.54) is 18.3 Å². The van der Waals surface area contributed by atoms with Crippen LogP contribution in [0.1, 0.15) is 6.92 Å². The number of rotatable bonds is 5. The average Bonchev–Trinajstić information content (AvgIpc) is 3.05. The number of sulfonamides is 1. The van der Waals surface area contributed by atoms with E-state index in [1.54, 1.807) is 0 Å². The summed E-state index contributed by atoms with van der Waals surface area (Å²) >= 11 is 5.75. The predicted octanol–water partition coefficient (Wildman–Crippen LogP) is 3.36. The van der Waals surface area contributed by atoms with Gasteiger partial charge in [-0.05, 0) is 23.8 Å². The lowest BCUT2D eigenvalue weighted by atomic mass is 10.2. The third-order valence-corrected chi connectivity index (χ3v) is 6.12. The normalized spacial score (nSPS) is 16.9. The van der Waals surface area contributed by atoms with Gasteiger partial charge in [0, 0.05) is 25.7 Å². The molecule has 0 saturated carbocycles. The van der Waals surface area contributed by atoms with Crippen molar-refractivity contribution in [2.75, 3.05) is 13.1 Å². The summed E-state index contributed by atoms with van der Waals surface area (Å²) in [6, 6.07) is 4.65. The molecule has 0 radical (unpaired) electrons. The zero-order chi connectivity index (χ0) is 22.1. The Kier molecular flexibility index (Phi) is 6.07. The molecule has 1 aliphatic heterocycles. The zero-order valence-electron chi connectivity index (χ0n) is 15.6. The van der Waals surface area contributed by atoms with Gasteiger partial charge in [-0.1, -0.05) is 18.2 Å². The largest absolute Gasteiger partial charge is 0.481 e. The molecule has 1 saturated heterocycles. The summed E-state index contributed by atoms with van der Waals surface area (Å²) in [7, 11) is -3.94. The van der Waals surface area contributed by atoms with E-state index in [2.05, 4.69) is 16.4 Å². The van der Waals surface area contributed by atoms with Gasteiger partial charge in [-0.3, -0.25) is 4.79 Å². The highest BCUT2D eigenvalue weighted by Crippen LogP contribution is 2.37. The second-order valence-electron chi connectivity index (χ2n) is 6.33. The number of nitrogens with zero attached hydrogens (tertiary/aromatic N) is 3. The van der Waals surface area contributed by atoms with Gasteiger partial charge >= 0.3 is 5.97 Å². The third kappa shape index (κ3) is 4.43. The Bertz CT molecular complexity index is 1160. The van der Waals surface area contributed by atoms with Crippen LogP contribution in [0.5, 0.6) is 11.5 Å². The van der Waals surface area contributed by atoms with Gasteiger partial charge < -0.3 is 9.47 Å². The van der Waals surface area contributed by atoms with Crippen LogP contribution in [0, 0.1) is 12.4 Å². The Hall–Kier alpha value is -3.00. The number of halogens is 2. The summed E-state index contributed by atoms with van der Waals surface area (Å²) in [5.74, 6) is -1.85. The first-order valence-electron chi connectivity index (χ1n) is 8.47. The topological polar surface area (TPSA) is 90.2 Å². The molecule has 2 aromatic rings. The fourth-order valence-corrected chi connectivity index (χ4v) is 4.22. The minimum atomic E-state index is -3.94. The molecule has 1 aromatic carbocycles. The lowest BCUT2D eigenvalue weighted by Gasteiger charge is -2.18. The number of esters is 1. The third-order valence-electron chi connectivity index (χ3n) is 4.17. The van der Waals surface area contributed by atoms with Gasteiger partial charge in [0.25, 0.3) is 10.0 Å². The first-order chi connectivity index (χ1) is 14.1. The van der Waals surface area contributed by atoms with Crippen molar-refractivity contribution in [3.63, 3.8) is 0 Å². The Balaban J connectivity index is 1.86. The van der Waals surface area contributed by atoms with E-state index in [-0.39, 0.29) is 35.3 Å². The maximum Gasteiger partial charge on any atom is 0.308 e. The second kappa shape index (κ2) is 8.39. The van der Waals surface area contributed by atoms with Crippen molar-refractivity contribution in [2.45, 2.75) is 18.1 Å². The van der Waals surface area contributed by atoms with Crippen molar-refractivity contribution in [3.8, 4) is 11.5 Å². The van der Waals surface area contributed by atoms with Crippen LogP contribution in [0.3, 0.4) is 0 Å². The Morgan fingerprint density at radius 2 is 2.13 bits per heavy atom. The van der Waals surface area contributed by atoms with Crippen molar-refractivity contribution in [3.05, 3.63) is 64.9 Å². The summed E-state index contributed by atoms with van der Waals surface area (Å²) in [5, 5.41) is 0.109. The van der Waals surface area contributed by atoms with E-state index < -0.39 is 27.9 Å². The highest BCUT2D eigenvalue weighted by molar-refractivity contribution is 7.89. The highest BCUT2D eigenvalue weighted by Gasteiger charge is 2.37. The summed E-state index contributed by atoms with van der Waals surface area (Å²) in [6.45, 7) is 11.8. The molecule has 1 aromatic heterocycles. The van der Waals surface area contributed by atoms with Gasteiger partial charge in [-0.2, -0.15) is 4.31 Å². The number of pyridine rings is 1. The van der Waals surface area contributed by atoms with Crippen molar-refractivity contribution < 1.29 is 27.1 Å². The number of carbonyl (C=O) groups excluding carboxylic acids is 1. The van der Waals surface area contributed by atoms with Gasteiger partial charge in [-0.25, -0.2) is 22.6 Å². The summed E-state index contributed by atoms with van der Waals surface area (Å²) < 4.78 is 51.5. The first-order valence-corrected chi connectivity index (χ1v) is 10.3. The monoisotopic (exact) mass is 451 g/mol. The molecular weight excluding hydrogens is 437 g/mol. The SMILES string of the molecule is [C-]#[N+]c1cc(OC(C)=O)c(O[C@H]2CN(S(=O)(=O)c3ccc(Cl)cn3)CC2=C)cc1F. The van der Waals surface area contributed by atoms with Crippen molar-refractivity contribution in [2.24, 2.45) is 0 Å². The van der Waals surface area contributed by atoms with E-state index in [0.29, 0.717) is 10.6 Å². The quantitative estimate of drug-likeness (QED) is 0.300. The van der Waals surface area contributed by atoms with Crippen LogP contribution >= 0.6 is 11.6 Å². The van der Waals surface area contributed by atoms with Crippen molar-refractivity contribution >= 4 is 33.3 Å². The molecule has 156 valence electrons. The molecule has 0 unspecified atom stereocenters. The Morgan fingerprint density at radius 1 is 1.40 bits per heavy atom. The van der Waals surface area contributed by atoms with Crippen molar-refractivity contribution in [1.82, 2.24) is 9.29 Å². The molecule has 3 rings (SSSR count). The number of hydrogen-bond donors (Lipinski definition) is 0. The summed E-state index contributed by atoms with van der Waals surface area (Å²) in [4.78, 5) is 18.2. The van der Waals surface area contributed by atoms with Gasteiger partial charge in [0.15, 0.2) is 16.5 Å². The standard InChI is InChI=1S/C19H15ClFN3O5S/c1-11-9-24(30(26,27)19-5-4-13(20)8-23-19)10-18(11)29-16-6-14(21)15(22-3)7-17(16)28-12(2)25/h4-8,18H,1,9-10H2,2H3/t18-/m0/s1.